The molecule has 0 saturated heterocycles. The third-order valence-electron chi connectivity index (χ3n) is 2.96. The zero-order chi connectivity index (χ0) is 15.0. The van der Waals surface area contributed by atoms with E-state index in [1.54, 1.807) is 17.0 Å². The Balaban J connectivity index is 2.63. The number of hydrogen-bond acceptors (Lipinski definition) is 4. The van der Waals surface area contributed by atoms with E-state index in [0.29, 0.717) is 12.3 Å². The van der Waals surface area contributed by atoms with Crippen molar-refractivity contribution in [1.29, 1.82) is 0 Å². The van der Waals surface area contributed by atoms with Gasteiger partial charge in [-0.2, -0.15) is 0 Å². The molecule has 0 saturated carbocycles. The summed E-state index contributed by atoms with van der Waals surface area (Å²) >= 11 is 0. The Hall–Kier alpha value is -1.91. The minimum absolute atomic E-state index is 0.0773. The number of carbonyl (C=O) groups excluding carboxylic acids is 1. The highest BCUT2D eigenvalue weighted by molar-refractivity contribution is 5.81. The lowest BCUT2D eigenvalue weighted by molar-refractivity contribution is -0.128. The lowest BCUT2D eigenvalue weighted by Gasteiger charge is -2.19. The van der Waals surface area contributed by atoms with Crippen molar-refractivity contribution in [2.75, 3.05) is 37.3 Å². The second kappa shape index (κ2) is 8.30. The average molecular weight is 279 g/mol. The van der Waals surface area contributed by atoms with Crippen molar-refractivity contribution < 1.29 is 9.53 Å². The fourth-order valence-electron chi connectivity index (χ4n) is 1.89. The highest BCUT2D eigenvalue weighted by atomic mass is 16.5. The second-order valence-electron chi connectivity index (χ2n) is 4.56. The lowest BCUT2D eigenvalue weighted by Crippen LogP contribution is -2.35. The molecule has 0 radical (unpaired) electrons. The number of amides is 1. The third-order valence-corrected chi connectivity index (χ3v) is 2.96. The van der Waals surface area contributed by atoms with Gasteiger partial charge in [0.1, 0.15) is 5.75 Å². The van der Waals surface area contributed by atoms with Gasteiger partial charge in [0.05, 0.1) is 13.2 Å². The Kier molecular flexibility index (Phi) is 6.70. The second-order valence-corrected chi connectivity index (χ2v) is 4.56. The molecular formula is C15H25N3O2. The molecule has 5 heteroatoms. The van der Waals surface area contributed by atoms with E-state index in [1.807, 2.05) is 26.8 Å². The van der Waals surface area contributed by atoms with Crippen LogP contribution in [0.3, 0.4) is 0 Å². The van der Waals surface area contributed by atoms with Crippen molar-refractivity contribution in [1.82, 2.24) is 4.90 Å². The van der Waals surface area contributed by atoms with Crippen molar-refractivity contribution in [2.45, 2.75) is 27.2 Å². The summed E-state index contributed by atoms with van der Waals surface area (Å²) in [6.07, 6.45) is 0.942. The molecule has 1 aromatic carbocycles. The van der Waals surface area contributed by atoms with E-state index in [9.17, 15) is 4.79 Å². The van der Waals surface area contributed by atoms with Crippen molar-refractivity contribution in [3.8, 4) is 5.75 Å². The van der Waals surface area contributed by atoms with Crippen LogP contribution in [0.1, 0.15) is 27.2 Å². The fourth-order valence-corrected chi connectivity index (χ4v) is 1.89. The van der Waals surface area contributed by atoms with Crippen LogP contribution in [0.5, 0.6) is 5.75 Å². The van der Waals surface area contributed by atoms with Crippen molar-refractivity contribution in [3.05, 3.63) is 18.2 Å². The molecular weight excluding hydrogens is 254 g/mol. The van der Waals surface area contributed by atoms with Gasteiger partial charge >= 0.3 is 0 Å². The quantitative estimate of drug-likeness (QED) is 0.717. The first-order valence-corrected chi connectivity index (χ1v) is 7.15. The van der Waals surface area contributed by atoms with Crippen LogP contribution in [0.15, 0.2) is 18.2 Å². The molecule has 3 N–H and O–H groups in total. The fraction of sp³-hybridized carbons (Fsp3) is 0.533. The summed E-state index contributed by atoms with van der Waals surface area (Å²) in [4.78, 5) is 13.7. The molecule has 0 unspecified atom stereocenters. The molecule has 1 amide bonds. The van der Waals surface area contributed by atoms with Crippen LogP contribution < -0.4 is 15.8 Å². The molecule has 5 nitrogen and oxygen atoms in total. The lowest BCUT2D eigenvalue weighted by atomic mass is 10.2. The van der Waals surface area contributed by atoms with E-state index in [-0.39, 0.29) is 12.5 Å². The predicted octanol–water partition coefficient (Wildman–Crippen LogP) is 2.34. The Morgan fingerprint density at radius 2 is 1.95 bits per heavy atom. The van der Waals surface area contributed by atoms with Crippen molar-refractivity contribution in [3.63, 3.8) is 0 Å². The first-order chi connectivity index (χ1) is 9.60. The SMILES string of the molecule is CCCOc1cc(N)cc(NCC(=O)N(CC)CC)c1. The molecule has 1 aromatic rings. The smallest absolute Gasteiger partial charge is 0.241 e. The summed E-state index contributed by atoms with van der Waals surface area (Å²) in [6.45, 7) is 8.35. The number of nitrogens with one attached hydrogen (secondary N) is 1. The molecule has 0 bridgehead atoms. The van der Waals surface area contributed by atoms with Crippen molar-refractivity contribution in [2.24, 2.45) is 0 Å². The van der Waals surface area contributed by atoms with Gasteiger partial charge in [0, 0.05) is 36.6 Å². The number of nitrogens with two attached hydrogens (primary N) is 1. The van der Waals surface area contributed by atoms with E-state index in [2.05, 4.69) is 5.32 Å². The molecule has 1 rings (SSSR count). The number of hydrogen-bond donors (Lipinski definition) is 2. The maximum atomic E-state index is 11.9. The van der Waals surface area contributed by atoms with Crippen LogP contribution in [-0.2, 0) is 4.79 Å². The number of benzene rings is 1. The molecule has 0 aliphatic carbocycles. The van der Waals surface area contributed by atoms with Crippen LogP contribution in [0, 0.1) is 0 Å². The van der Waals surface area contributed by atoms with Gasteiger partial charge in [0.15, 0.2) is 0 Å². The molecule has 0 fully saturated rings. The zero-order valence-electron chi connectivity index (χ0n) is 12.6. The van der Waals surface area contributed by atoms with Gasteiger partial charge in [0.2, 0.25) is 5.91 Å². The van der Waals surface area contributed by atoms with Crippen molar-refractivity contribution >= 4 is 17.3 Å². The number of nitrogens with zero attached hydrogens (tertiary/aromatic N) is 1. The zero-order valence-corrected chi connectivity index (χ0v) is 12.6. The third kappa shape index (κ3) is 4.99. The van der Waals surface area contributed by atoms with Gasteiger partial charge < -0.3 is 20.7 Å². The molecule has 112 valence electrons. The van der Waals surface area contributed by atoms with Gasteiger partial charge in [-0.1, -0.05) is 6.92 Å². The van der Waals surface area contributed by atoms with Gasteiger partial charge in [-0.15, -0.1) is 0 Å². The van der Waals surface area contributed by atoms with Gasteiger partial charge in [-0.05, 0) is 26.3 Å². The number of carbonyl (C=O) groups is 1. The molecule has 0 aliphatic rings. The number of nitrogen functional groups attached to an aromatic ring is 1. The highest BCUT2D eigenvalue weighted by Crippen LogP contribution is 2.22. The van der Waals surface area contributed by atoms with Crippen LogP contribution in [-0.4, -0.2) is 37.0 Å². The maximum absolute atomic E-state index is 11.9. The van der Waals surface area contributed by atoms with E-state index < -0.39 is 0 Å². The predicted molar refractivity (Wildman–Crippen MR) is 83.1 cm³/mol. The van der Waals surface area contributed by atoms with Crippen LogP contribution in [0.2, 0.25) is 0 Å². The Bertz CT molecular complexity index is 431. The summed E-state index contributed by atoms with van der Waals surface area (Å²) in [5.41, 5.74) is 7.26. The highest BCUT2D eigenvalue weighted by Gasteiger charge is 2.09. The Morgan fingerprint density at radius 3 is 2.55 bits per heavy atom. The molecule has 0 spiro atoms. The molecule has 0 atom stereocenters. The summed E-state index contributed by atoms with van der Waals surface area (Å²) in [7, 11) is 0. The first kappa shape index (κ1) is 16.1. The summed E-state index contributed by atoms with van der Waals surface area (Å²) in [6, 6.07) is 5.45. The van der Waals surface area contributed by atoms with Crippen LogP contribution in [0.4, 0.5) is 11.4 Å². The van der Waals surface area contributed by atoms with Gasteiger partial charge in [-0.25, -0.2) is 0 Å². The molecule has 20 heavy (non-hydrogen) atoms. The van der Waals surface area contributed by atoms with E-state index in [0.717, 1.165) is 30.9 Å². The van der Waals surface area contributed by atoms with E-state index >= 15 is 0 Å². The molecule has 0 heterocycles. The maximum Gasteiger partial charge on any atom is 0.241 e. The Morgan fingerprint density at radius 1 is 1.25 bits per heavy atom. The summed E-state index contributed by atoms with van der Waals surface area (Å²) < 4.78 is 5.56. The topological polar surface area (TPSA) is 67.6 Å². The number of rotatable bonds is 8. The average Bonchev–Trinajstić information content (AvgIpc) is 2.43. The number of ether oxygens (including phenoxy) is 1. The van der Waals surface area contributed by atoms with E-state index in [4.69, 9.17) is 10.5 Å². The standard InChI is InChI=1S/C15H25N3O2/c1-4-7-20-14-9-12(16)8-13(10-14)17-11-15(19)18(5-2)6-3/h8-10,17H,4-7,11,16H2,1-3H3. The summed E-state index contributed by atoms with van der Waals surface area (Å²) in [5.74, 6) is 0.804. The van der Waals surface area contributed by atoms with Crippen LogP contribution >= 0.6 is 0 Å². The summed E-state index contributed by atoms with van der Waals surface area (Å²) in [5, 5.41) is 3.10. The van der Waals surface area contributed by atoms with Gasteiger partial charge in [-0.3, -0.25) is 4.79 Å². The minimum atomic E-state index is 0.0773. The monoisotopic (exact) mass is 279 g/mol. The largest absolute Gasteiger partial charge is 0.493 e. The normalized spacial score (nSPS) is 10.2. The first-order valence-electron chi connectivity index (χ1n) is 7.15. The Labute approximate surface area is 121 Å². The van der Waals surface area contributed by atoms with Gasteiger partial charge in [0.25, 0.3) is 0 Å². The molecule has 0 aliphatic heterocycles. The van der Waals surface area contributed by atoms with E-state index in [1.165, 1.54) is 0 Å². The number of likely N-dealkylation sites (N-methyl/N-ethyl adjacent to an activating group) is 1. The number of anilines is 2. The minimum Gasteiger partial charge on any atom is -0.493 e. The molecule has 0 aromatic heterocycles. The van der Waals surface area contributed by atoms with Crippen LogP contribution in [0.25, 0.3) is 0 Å².